The van der Waals surface area contributed by atoms with Crippen LogP contribution in [0.1, 0.15) is 23.7 Å². The molecule has 2 N–H and O–H groups in total. The van der Waals surface area contributed by atoms with E-state index < -0.39 is 12.7 Å². The molecule has 0 aliphatic carbocycles. The van der Waals surface area contributed by atoms with Crippen LogP contribution in [0.4, 0.5) is 13.2 Å². The number of nitrogens with two attached hydrogens (primary N) is 1. The molecule has 0 aromatic carbocycles. The van der Waals surface area contributed by atoms with Gasteiger partial charge in [0.2, 0.25) is 0 Å². The Labute approximate surface area is 102 Å². The number of ether oxygens (including phenoxy) is 1. The van der Waals surface area contributed by atoms with Gasteiger partial charge >= 0.3 is 6.18 Å². The van der Waals surface area contributed by atoms with Crippen molar-refractivity contribution in [3.05, 3.63) is 11.4 Å². The van der Waals surface area contributed by atoms with E-state index in [1.165, 1.54) is 0 Å². The molecular weight excluding hydrogens is 249 g/mol. The van der Waals surface area contributed by atoms with E-state index in [2.05, 4.69) is 10.3 Å². The molecule has 1 aromatic heterocycles. The van der Waals surface area contributed by atoms with Crippen molar-refractivity contribution in [2.75, 3.05) is 19.8 Å². The average Bonchev–Trinajstić information content (AvgIpc) is 2.86. The summed E-state index contributed by atoms with van der Waals surface area (Å²) in [6.07, 6.45) is -3.17. The molecule has 2 heterocycles. The molecule has 1 fully saturated rings. The smallest absolute Gasteiger partial charge is 0.381 e. The topological polar surface area (TPSA) is 66.0 Å². The highest BCUT2D eigenvalue weighted by molar-refractivity contribution is 5.17. The summed E-state index contributed by atoms with van der Waals surface area (Å²) in [4.78, 5) is 0. The van der Waals surface area contributed by atoms with Crippen molar-refractivity contribution in [1.29, 1.82) is 0 Å². The standard InChI is InChI=1S/C10H15F3N4O/c11-10(12,13)6-17-9(7-2-4-18-5-7)8(1-3-14)15-16-17/h7H,1-6,14H2. The predicted octanol–water partition coefficient (Wildman–Crippen LogP) is 0.845. The van der Waals surface area contributed by atoms with E-state index >= 15 is 0 Å². The lowest BCUT2D eigenvalue weighted by Gasteiger charge is -2.14. The van der Waals surface area contributed by atoms with Crippen LogP contribution in [0.3, 0.4) is 0 Å². The van der Waals surface area contributed by atoms with Crippen LogP contribution in [0.2, 0.25) is 0 Å². The fraction of sp³-hybridized carbons (Fsp3) is 0.800. The summed E-state index contributed by atoms with van der Waals surface area (Å²) in [6, 6.07) is 0. The van der Waals surface area contributed by atoms with Crippen LogP contribution < -0.4 is 5.73 Å². The highest BCUT2D eigenvalue weighted by Crippen LogP contribution is 2.29. The number of aromatic nitrogens is 3. The summed E-state index contributed by atoms with van der Waals surface area (Å²) < 4.78 is 43.5. The number of nitrogens with zero attached hydrogens (tertiary/aromatic N) is 3. The minimum absolute atomic E-state index is 0.0658. The van der Waals surface area contributed by atoms with E-state index in [0.29, 0.717) is 44.0 Å². The normalized spacial score (nSPS) is 20.6. The maximum absolute atomic E-state index is 12.5. The van der Waals surface area contributed by atoms with Gasteiger partial charge in [0, 0.05) is 18.9 Å². The molecule has 0 bridgehead atoms. The van der Waals surface area contributed by atoms with Crippen LogP contribution in [-0.2, 0) is 17.7 Å². The number of rotatable bonds is 4. The zero-order chi connectivity index (χ0) is 13.2. The molecule has 1 aliphatic heterocycles. The first-order valence-electron chi connectivity index (χ1n) is 5.78. The summed E-state index contributed by atoms with van der Waals surface area (Å²) >= 11 is 0. The van der Waals surface area contributed by atoms with Gasteiger partial charge in [-0.15, -0.1) is 5.10 Å². The average molecular weight is 264 g/mol. The maximum atomic E-state index is 12.5. The van der Waals surface area contributed by atoms with Crippen LogP contribution in [0.5, 0.6) is 0 Å². The molecule has 2 rings (SSSR count). The molecule has 0 radical (unpaired) electrons. The fourth-order valence-corrected chi connectivity index (χ4v) is 2.15. The van der Waals surface area contributed by atoms with Gasteiger partial charge < -0.3 is 10.5 Å². The van der Waals surface area contributed by atoms with Crippen LogP contribution in [0.15, 0.2) is 0 Å². The quantitative estimate of drug-likeness (QED) is 0.875. The molecular formula is C10H15F3N4O. The number of hydrogen-bond donors (Lipinski definition) is 1. The maximum Gasteiger partial charge on any atom is 0.408 e. The summed E-state index contributed by atoms with van der Waals surface area (Å²) in [6.45, 7) is 0.203. The van der Waals surface area contributed by atoms with Crippen molar-refractivity contribution in [3.63, 3.8) is 0 Å². The second kappa shape index (κ2) is 5.23. The Hall–Kier alpha value is -1.15. The third kappa shape index (κ3) is 2.99. The summed E-state index contributed by atoms with van der Waals surface area (Å²) in [7, 11) is 0. The predicted molar refractivity (Wildman–Crippen MR) is 57.0 cm³/mol. The molecule has 0 spiro atoms. The third-order valence-corrected chi connectivity index (χ3v) is 2.87. The van der Waals surface area contributed by atoms with Crippen LogP contribution in [-0.4, -0.2) is 40.9 Å². The molecule has 0 saturated carbocycles. The first kappa shape index (κ1) is 13.3. The minimum Gasteiger partial charge on any atom is -0.381 e. The van der Waals surface area contributed by atoms with Gasteiger partial charge in [0.15, 0.2) is 0 Å². The highest BCUT2D eigenvalue weighted by atomic mass is 19.4. The van der Waals surface area contributed by atoms with Crippen LogP contribution in [0, 0.1) is 0 Å². The van der Waals surface area contributed by atoms with E-state index in [9.17, 15) is 13.2 Å². The third-order valence-electron chi connectivity index (χ3n) is 2.87. The summed E-state index contributed by atoms with van der Waals surface area (Å²) in [5.74, 6) is -0.0658. The van der Waals surface area contributed by atoms with E-state index in [-0.39, 0.29) is 5.92 Å². The molecule has 0 amide bonds. The lowest BCUT2D eigenvalue weighted by Crippen LogP contribution is -2.22. The molecule has 1 unspecified atom stereocenters. The van der Waals surface area contributed by atoms with Crippen LogP contribution >= 0.6 is 0 Å². The Morgan fingerprint density at radius 1 is 1.44 bits per heavy atom. The van der Waals surface area contributed by atoms with E-state index in [1.807, 2.05) is 0 Å². The molecule has 1 atom stereocenters. The van der Waals surface area contributed by atoms with Gasteiger partial charge in [-0.2, -0.15) is 13.2 Å². The van der Waals surface area contributed by atoms with E-state index in [0.717, 1.165) is 4.68 Å². The zero-order valence-corrected chi connectivity index (χ0v) is 9.78. The van der Waals surface area contributed by atoms with Crippen LogP contribution in [0.25, 0.3) is 0 Å². The highest BCUT2D eigenvalue weighted by Gasteiger charge is 2.33. The molecule has 1 aromatic rings. The van der Waals surface area contributed by atoms with E-state index in [4.69, 9.17) is 10.5 Å². The lowest BCUT2D eigenvalue weighted by molar-refractivity contribution is -0.143. The lowest BCUT2D eigenvalue weighted by atomic mass is 10.0. The summed E-state index contributed by atoms with van der Waals surface area (Å²) in [5.41, 5.74) is 6.51. The van der Waals surface area contributed by atoms with Gasteiger partial charge in [0.25, 0.3) is 0 Å². The van der Waals surface area contributed by atoms with Gasteiger partial charge in [-0.1, -0.05) is 5.21 Å². The van der Waals surface area contributed by atoms with Crippen molar-refractivity contribution in [3.8, 4) is 0 Å². The minimum atomic E-state index is -4.30. The SMILES string of the molecule is NCCc1nnn(CC(F)(F)F)c1C1CCOC1. The van der Waals surface area contributed by atoms with Gasteiger partial charge in [-0.25, -0.2) is 4.68 Å². The molecule has 102 valence electrons. The second-order valence-electron chi connectivity index (χ2n) is 4.29. The summed E-state index contributed by atoms with van der Waals surface area (Å²) in [5, 5.41) is 7.41. The number of alkyl halides is 3. The Kier molecular flexibility index (Phi) is 3.86. The van der Waals surface area contributed by atoms with Crippen molar-refractivity contribution < 1.29 is 17.9 Å². The Morgan fingerprint density at radius 2 is 2.22 bits per heavy atom. The Balaban J connectivity index is 2.27. The van der Waals surface area contributed by atoms with Crippen molar-refractivity contribution in [2.45, 2.75) is 31.5 Å². The molecule has 8 heteroatoms. The second-order valence-corrected chi connectivity index (χ2v) is 4.29. The van der Waals surface area contributed by atoms with Gasteiger partial charge in [0.05, 0.1) is 18.0 Å². The number of hydrogen-bond acceptors (Lipinski definition) is 4. The molecule has 5 nitrogen and oxygen atoms in total. The van der Waals surface area contributed by atoms with Crippen molar-refractivity contribution >= 4 is 0 Å². The Morgan fingerprint density at radius 3 is 2.78 bits per heavy atom. The largest absolute Gasteiger partial charge is 0.408 e. The van der Waals surface area contributed by atoms with Crippen molar-refractivity contribution in [2.24, 2.45) is 5.73 Å². The molecule has 1 saturated heterocycles. The zero-order valence-electron chi connectivity index (χ0n) is 9.78. The molecule has 18 heavy (non-hydrogen) atoms. The van der Waals surface area contributed by atoms with Gasteiger partial charge in [0.1, 0.15) is 6.54 Å². The first-order valence-corrected chi connectivity index (χ1v) is 5.78. The van der Waals surface area contributed by atoms with Gasteiger partial charge in [-0.3, -0.25) is 0 Å². The monoisotopic (exact) mass is 264 g/mol. The first-order chi connectivity index (χ1) is 8.51. The fourth-order valence-electron chi connectivity index (χ4n) is 2.15. The Bertz CT molecular complexity index is 398. The van der Waals surface area contributed by atoms with Gasteiger partial charge in [-0.05, 0) is 13.0 Å². The number of halogens is 3. The van der Waals surface area contributed by atoms with E-state index in [1.54, 1.807) is 0 Å². The molecule has 1 aliphatic rings. The van der Waals surface area contributed by atoms with Crippen molar-refractivity contribution in [1.82, 2.24) is 15.0 Å².